The molecule has 2 aliphatic heterocycles. The molecule has 136 valence electrons. The molecule has 1 aromatic rings. The third-order valence-corrected chi connectivity index (χ3v) is 5.11. The number of fused-ring (bicyclic) bond motifs is 1. The molecule has 0 aromatic carbocycles. The van der Waals surface area contributed by atoms with E-state index in [9.17, 15) is 14.4 Å². The van der Waals surface area contributed by atoms with Crippen molar-refractivity contribution in [1.82, 2.24) is 30.2 Å². The Morgan fingerprint density at radius 3 is 2.68 bits per heavy atom. The van der Waals surface area contributed by atoms with Gasteiger partial charge in [0.05, 0.1) is 18.8 Å². The first kappa shape index (κ1) is 17.4. The molecule has 1 aromatic heterocycles. The topological polar surface area (TPSA) is 99.6 Å². The Hall–Kier alpha value is -2.42. The molecule has 1 unspecified atom stereocenters. The van der Waals surface area contributed by atoms with E-state index in [0.29, 0.717) is 19.5 Å². The minimum absolute atomic E-state index is 0.102. The van der Waals surface area contributed by atoms with Gasteiger partial charge >= 0.3 is 6.03 Å². The van der Waals surface area contributed by atoms with Gasteiger partial charge in [0.25, 0.3) is 11.8 Å². The lowest BCUT2D eigenvalue weighted by Gasteiger charge is -2.28. The first-order valence-electron chi connectivity index (χ1n) is 8.46. The lowest BCUT2D eigenvalue weighted by Crippen LogP contribution is -2.51. The second-order valence-corrected chi connectivity index (χ2v) is 6.85. The van der Waals surface area contributed by atoms with Crippen LogP contribution in [-0.4, -0.2) is 55.9 Å². The number of carbonyl (C=O) groups excluding carboxylic acids is 3. The Kier molecular flexibility index (Phi) is 4.28. The number of rotatable bonds is 4. The number of hydrazine groups is 1. The smallest absolute Gasteiger partial charge is 0.330 e. The van der Waals surface area contributed by atoms with Crippen LogP contribution in [0, 0.1) is 13.8 Å². The Balaban J connectivity index is 1.60. The Morgan fingerprint density at radius 2 is 2.04 bits per heavy atom. The van der Waals surface area contributed by atoms with Gasteiger partial charge in [0.1, 0.15) is 11.4 Å². The summed E-state index contributed by atoms with van der Waals surface area (Å²) in [5, 5.41) is 3.39. The van der Waals surface area contributed by atoms with Gasteiger partial charge in [-0.2, -0.15) is 5.01 Å². The van der Waals surface area contributed by atoms with Crippen molar-refractivity contribution >= 4 is 17.8 Å². The van der Waals surface area contributed by atoms with Crippen LogP contribution >= 0.6 is 0 Å². The number of urea groups is 1. The molecule has 0 aliphatic carbocycles. The van der Waals surface area contributed by atoms with Crippen molar-refractivity contribution < 1.29 is 14.4 Å². The summed E-state index contributed by atoms with van der Waals surface area (Å²) in [6.45, 7) is 9.62. The SMILES string of the molecule is CCC1(C)NC(=O)N(NC(=O)CN2CCn3c(nc(C)c3C)C2)C1=O. The molecular formula is C16H24N6O3. The number of nitrogens with zero attached hydrogens (tertiary/aromatic N) is 4. The molecule has 0 bridgehead atoms. The molecule has 3 heterocycles. The summed E-state index contributed by atoms with van der Waals surface area (Å²) in [4.78, 5) is 43.0. The minimum atomic E-state index is -0.963. The zero-order valence-electron chi connectivity index (χ0n) is 15.0. The molecule has 1 saturated heterocycles. The van der Waals surface area contributed by atoms with Crippen molar-refractivity contribution in [2.24, 2.45) is 0 Å². The fourth-order valence-electron chi connectivity index (χ4n) is 3.19. The van der Waals surface area contributed by atoms with Crippen molar-refractivity contribution in [2.75, 3.05) is 13.1 Å². The Morgan fingerprint density at radius 1 is 1.32 bits per heavy atom. The summed E-state index contributed by atoms with van der Waals surface area (Å²) in [5.41, 5.74) is 3.61. The van der Waals surface area contributed by atoms with E-state index >= 15 is 0 Å². The lowest BCUT2D eigenvalue weighted by molar-refractivity contribution is -0.139. The largest absolute Gasteiger partial charge is 0.344 e. The molecule has 0 saturated carbocycles. The van der Waals surface area contributed by atoms with Crippen molar-refractivity contribution in [1.29, 1.82) is 0 Å². The molecule has 2 aliphatic rings. The maximum Gasteiger partial charge on any atom is 0.344 e. The monoisotopic (exact) mass is 348 g/mol. The number of imidazole rings is 1. The summed E-state index contributed by atoms with van der Waals surface area (Å²) < 4.78 is 2.16. The predicted octanol–water partition coefficient (Wildman–Crippen LogP) is 0.0672. The zero-order valence-corrected chi connectivity index (χ0v) is 15.0. The summed E-state index contributed by atoms with van der Waals surface area (Å²) >= 11 is 0. The van der Waals surface area contributed by atoms with E-state index in [1.54, 1.807) is 6.92 Å². The maximum atomic E-state index is 12.3. The van der Waals surface area contributed by atoms with E-state index in [2.05, 4.69) is 20.3 Å². The molecule has 3 rings (SSSR count). The van der Waals surface area contributed by atoms with Crippen LogP contribution in [0.2, 0.25) is 0 Å². The Bertz CT molecular complexity index is 742. The van der Waals surface area contributed by atoms with Crippen LogP contribution in [0.1, 0.15) is 37.5 Å². The van der Waals surface area contributed by atoms with E-state index in [-0.39, 0.29) is 6.54 Å². The van der Waals surface area contributed by atoms with Crippen LogP contribution in [0.3, 0.4) is 0 Å². The van der Waals surface area contributed by atoms with Crippen LogP contribution < -0.4 is 10.7 Å². The second-order valence-electron chi connectivity index (χ2n) is 6.85. The highest BCUT2D eigenvalue weighted by Crippen LogP contribution is 2.19. The highest BCUT2D eigenvalue weighted by molar-refractivity contribution is 6.07. The molecule has 9 nitrogen and oxygen atoms in total. The molecular weight excluding hydrogens is 324 g/mol. The molecule has 9 heteroatoms. The first-order valence-corrected chi connectivity index (χ1v) is 8.46. The third kappa shape index (κ3) is 2.99. The number of nitrogens with one attached hydrogen (secondary N) is 2. The van der Waals surface area contributed by atoms with E-state index in [1.807, 2.05) is 25.7 Å². The van der Waals surface area contributed by atoms with E-state index in [1.165, 1.54) is 0 Å². The van der Waals surface area contributed by atoms with Crippen LogP contribution in [0.4, 0.5) is 4.79 Å². The van der Waals surface area contributed by atoms with Crippen molar-refractivity contribution in [3.05, 3.63) is 17.2 Å². The quantitative estimate of drug-likeness (QED) is 0.750. The highest BCUT2D eigenvalue weighted by Gasteiger charge is 2.47. The summed E-state index contributed by atoms with van der Waals surface area (Å²) in [6.07, 6.45) is 0.456. The normalized spacial score (nSPS) is 23.6. The zero-order chi connectivity index (χ0) is 18.4. The van der Waals surface area contributed by atoms with Gasteiger partial charge in [-0.25, -0.2) is 9.78 Å². The van der Waals surface area contributed by atoms with Gasteiger partial charge in [0.15, 0.2) is 0 Å². The molecule has 1 atom stereocenters. The highest BCUT2D eigenvalue weighted by atomic mass is 16.2. The van der Waals surface area contributed by atoms with Gasteiger partial charge in [-0.1, -0.05) is 6.92 Å². The number of amides is 4. The van der Waals surface area contributed by atoms with E-state index < -0.39 is 23.4 Å². The van der Waals surface area contributed by atoms with Crippen LogP contribution in [0.15, 0.2) is 0 Å². The molecule has 4 amide bonds. The van der Waals surface area contributed by atoms with Gasteiger partial charge in [0.2, 0.25) is 0 Å². The maximum absolute atomic E-state index is 12.3. The third-order valence-electron chi connectivity index (χ3n) is 5.11. The Labute approximate surface area is 146 Å². The predicted molar refractivity (Wildman–Crippen MR) is 89.2 cm³/mol. The summed E-state index contributed by atoms with van der Waals surface area (Å²) in [7, 11) is 0. The number of carbonyl (C=O) groups is 3. The molecule has 25 heavy (non-hydrogen) atoms. The van der Waals surface area contributed by atoms with Gasteiger partial charge < -0.3 is 9.88 Å². The van der Waals surface area contributed by atoms with E-state index in [0.717, 1.165) is 28.8 Å². The number of aromatic nitrogens is 2. The van der Waals surface area contributed by atoms with Crippen molar-refractivity contribution in [3.8, 4) is 0 Å². The van der Waals surface area contributed by atoms with Crippen molar-refractivity contribution in [2.45, 2.75) is 52.7 Å². The fraction of sp³-hybridized carbons (Fsp3) is 0.625. The molecule has 0 radical (unpaired) electrons. The standard InChI is InChI=1S/C16H24N6O3/c1-5-16(4)14(24)22(15(25)18-16)19-13(23)9-20-6-7-21-11(3)10(2)17-12(21)8-20/h5-9H2,1-4H3,(H,18,25)(H,19,23). The minimum Gasteiger partial charge on any atom is -0.330 e. The van der Waals surface area contributed by atoms with E-state index in [4.69, 9.17) is 0 Å². The van der Waals surface area contributed by atoms with Crippen LogP contribution in [-0.2, 0) is 22.7 Å². The first-order chi connectivity index (χ1) is 11.7. The average Bonchev–Trinajstić information content (AvgIpc) is 2.96. The number of hydrogen-bond donors (Lipinski definition) is 2. The number of aryl methyl sites for hydroxylation is 1. The van der Waals surface area contributed by atoms with Gasteiger partial charge in [-0.3, -0.25) is 19.9 Å². The van der Waals surface area contributed by atoms with Crippen LogP contribution in [0.5, 0.6) is 0 Å². The van der Waals surface area contributed by atoms with Crippen molar-refractivity contribution in [3.63, 3.8) is 0 Å². The number of imide groups is 1. The molecule has 1 fully saturated rings. The molecule has 2 N–H and O–H groups in total. The lowest BCUT2D eigenvalue weighted by atomic mass is 10.00. The van der Waals surface area contributed by atoms with Gasteiger partial charge in [0, 0.05) is 18.8 Å². The molecule has 0 spiro atoms. The average molecular weight is 348 g/mol. The summed E-state index contributed by atoms with van der Waals surface area (Å²) in [5.74, 6) is 0.105. The summed E-state index contributed by atoms with van der Waals surface area (Å²) in [6, 6.07) is -0.594. The number of hydrogen-bond acceptors (Lipinski definition) is 5. The second kappa shape index (κ2) is 6.14. The van der Waals surface area contributed by atoms with Gasteiger partial charge in [-0.15, -0.1) is 0 Å². The fourth-order valence-corrected chi connectivity index (χ4v) is 3.19. The van der Waals surface area contributed by atoms with Crippen LogP contribution in [0.25, 0.3) is 0 Å². The van der Waals surface area contributed by atoms with Gasteiger partial charge in [-0.05, 0) is 27.2 Å².